The summed E-state index contributed by atoms with van der Waals surface area (Å²) in [4.78, 5) is 25.7. The second kappa shape index (κ2) is 8.22. The van der Waals surface area contributed by atoms with Gasteiger partial charge in [0.05, 0.1) is 11.3 Å². The second-order valence-corrected chi connectivity index (χ2v) is 7.09. The van der Waals surface area contributed by atoms with Crippen LogP contribution in [0.25, 0.3) is 0 Å². The Bertz CT molecular complexity index is 885. The fourth-order valence-corrected chi connectivity index (χ4v) is 3.10. The summed E-state index contributed by atoms with van der Waals surface area (Å²) >= 11 is 3.32. The largest absolute Gasteiger partial charge is 0.482 e. The highest BCUT2D eigenvalue weighted by Gasteiger charge is 2.30. The first kappa shape index (κ1) is 20.2. The molecule has 1 aliphatic rings. The number of fused-ring (bicyclic) bond motifs is 1. The first-order valence-electron chi connectivity index (χ1n) is 8.39. The van der Waals surface area contributed by atoms with Crippen molar-refractivity contribution in [3.05, 3.63) is 58.1 Å². The highest BCUT2D eigenvalue weighted by molar-refractivity contribution is 9.10. The van der Waals surface area contributed by atoms with E-state index in [4.69, 9.17) is 4.74 Å². The molecule has 148 valence electrons. The Morgan fingerprint density at radius 1 is 1.18 bits per heavy atom. The Hall–Kier alpha value is -2.55. The monoisotopic (exact) mass is 456 g/mol. The van der Waals surface area contributed by atoms with Crippen LogP contribution in [-0.4, -0.2) is 31.5 Å². The number of nitrogens with one attached hydrogen (secondary N) is 1. The molecule has 0 saturated carbocycles. The molecule has 2 amide bonds. The molecular formula is C19H16BrF3N2O3. The molecule has 28 heavy (non-hydrogen) atoms. The topological polar surface area (TPSA) is 58.6 Å². The molecule has 1 aliphatic heterocycles. The molecule has 2 aromatic carbocycles. The van der Waals surface area contributed by atoms with Gasteiger partial charge in [-0.2, -0.15) is 13.2 Å². The van der Waals surface area contributed by atoms with Crippen LogP contribution in [0, 0.1) is 0 Å². The third-order valence-electron chi connectivity index (χ3n) is 4.18. The number of halogens is 4. The van der Waals surface area contributed by atoms with E-state index in [0.29, 0.717) is 23.4 Å². The van der Waals surface area contributed by atoms with Crippen molar-refractivity contribution < 1.29 is 27.5 Å². The molecule has 0 unspecified atom stereocenters. The Labute approximate surface area is 167 Å². The van der Waals surface area contributed by atoms with Crippen molar-refractivity contribution in [1.29, 1.82) is 0 Å². The average molecular weight is 457 g/mol. The van der Waals surface area contributed by atoms with Crippen LogP contribution in [0.4, 0.5) is 18.9 Å². The number of alkyl halides is 3. The summed E-state index contributed by atoms with van der Waals surface area (Å²) < 4.78 is 43.8. The lowest BCUT2D eigenvalue weighted by Crippen LogP contribution is -2.45. The number of ether oxygens (including phenoxy) is 1. The Morgan fingerprint density at radius 2 is 1.89 bits per heavy atom. The summed E-state index contributed by atoms with van der Waals surface area (Å²) in [5.41, 5.74) is 0.472. The molecule has 9 heteroatoms. The summed E-state index contributed by atoms with van der Waals surface area (Å²) in [5, 5.41) is 2.68. The van der Waals surface area contributed by atoms with Crippen molar-refractivity contribution in [1.82, 2.24) is 5.32 Å². The van der Waals surface area contributed by atoms with E-state index < -0.39 is 11.7 Å². The van der Waals surface area contributed by atoms with Gasteiger partial charge >= 0.3 is 6.18 Å². The summed E-state index contributed by atoms with van der Waals surface area (Å²) in [6.45, 7) is -0.0674. The van der Waals surface area contributed by atoms with E-state index in [1.807, 2.05) is 0 Å². The first-order valence-corrected chi connectivity index (χ1v) is 9.19. The maximum atomic E-state index is 12.6. The zero-order chi connectivity index (χ0) is 20.3. The standard InChI is InChI=1S/C19H16BrF3N2O3/c20-14-5-6-15-16(9-14)28-11-18(27)25(15)10-17(26)24-8-7-12-1-3-13(4-2-12)19(21,22)23/h1-6,9H,7-8,10-11H2,(H,24,26). The van der Waals surface area contributed by atoms with E-state index >= 15 is 0 Å². The van der Waals surface area contributed by atoms with Gasteiger partial charge in [-0.05, 0) is 42.3 Å². The van der Waals surface area contributed by atoms with Gasteiger partial charge in [0.2, 0.25) is 5.91 Å². The Kier molecular flexibility index (Phi) is 5.93. The molecule has 0 bridgehead atoms. The molecule has 0 radical (unpaired) electrons. The Morgan fingerprint density at radius 3 is 2.57 bits per heavy atom. The zero-order valence-corrected chi connectivity index (χ0v) is 16.1. The number of hydrogen-bond donors (Lipinski definition) is 1. The fourth-order valence-electron chi connectivity index (χ4n) is 2.76. The van der Waals surface area contributed by atoms with E-state index in [1.54, 1.807) is 18.2 Å². The molecule has 0 saturated heterocycles. The van der Waals surface area contributed by atoms with Crippen molar-refractivity contribution >= 4 is 33.4 Å². The van der Waals surface area contributed by atoms with E-state index in [0.717, 1.165) is 16.6 Å². The number of benzene rings is 2. The highest BCUT2D eigenvalue weighted by Crippen LogP contribution is 2.34. The quantitative estimate of drug-likeness (QED) is 0.748. The third kappa shape index (κ3) is 4.83. The van der Waals surface area contributed by atoms with Crippen LogP contribution in [0.2, 0.25) is 0 Å². The molecule has 2 aromatic rings. The summed E-state index contributed by atoms with van der Waals surface area (Å²) in [6.07, 6.45) is -3.99. The van der Waals surface area contributed by atoms with E-state index in [-0.39, 0.29) is 31.5 Å². The van der Waals surface area contributed by atoms with Crippen molar-refractivity contribution in [3.8, 4) is 5.75 Å². The van der Waals surface area contributed by atoms with Crippen LogP contribution in [-0.2, 0) is 22.2 Å². The van der Waals surface area contributed by atoms with Gasteiger partial charge in [0.15, 0.2) is 6.61 Å². The highest BCUT2D eigenvalue weighted by atomic mass is 79.9. The number of amides is 2. The van der Waals surface area contributed by atoms with Gasteiger partial charge in [-0.25, -0.2) is 0 Å². The number of carbonyl (C=O) groups excluding carboxylic acids is 2. The van der Waals surface area contributed by atoms with E-state index in [2.05, 4.69) is 21.2 Å². The number of carbonyl (C=O) groups is 2. The van der Waals surface area contributed by atoms with Gasteiger partial charge in [0.1, 0.15) is 12.3 Å². The second-order valence-electron chi connectivity index (χ2n) is 6.18. The molecule has 0 fully saturated rings. The maximum Gasteiger partial charge on any atom is 0.416 e. The zero-order valence-electron chi connectivity index (χ0n) is 14.6. The van der Waals surface area contributed by atoms with Gasteiger partial charge in [0.25, 0.3) is 5.91 Å². The maximum absolute atomic E-state index is 12.6. The van der Waals surface area contributed by atoms with Crippen LogP contribution in [0.3, 0.4) is 0 Å². The van der Waals surface area contributed by atoms with Crippen molar-refractivity contribution in [3.63, 3.8) is 0 Å². The van der Waals surface area contributed by atoms with Gasteiger partial charge < -0.3 is 10.1 Å². The lowest BCUT2D eigenvalue weighted by Gasteiger charge is -2.29. The lowest BCUT2D eigenvalue weighted by molar-refractivity contribution is -0.137. The predicted octanol–water partition coefficient (Wildman–Crippen LogP) is 3.55. The molecule has 5 nitrogen and oxygen atoms in total. The smallest absolute Gasteiger partial charge is 0.416 e. The summed E-state index contributed by atoms with van der Waals surface area (Å²) in [6, 6.07) is 9.94. The van der Waals surface area contributed by atoms with Crippen molar-refractivity contribution in [2.75, 3.05) is 24.6 Å². The molecular weight excluding hydrogens is 441 g/mol. The number of anilines is 1. The fraction of sp³-hybridized carbons (Fsp3) is 0.263. The molecule has 3 rings (SSSR count). The van der Waals surface area contributed by atoms with E-state index in [1.165, 1.54) is 17.0 Å². The molecule has 1 heterocycles. The van der Waals surface area contributed by atoms with Crippen LogP contribution in [0.1, 0.15) is 11.1 Å². The third-order valence-corrected chi connectivity index (χ3v) is 4.68. The Balaban J connectivity index is 1.54. The number of nitrogens with zero attached hydrogens (tertiary/aromatic N) is 1. The molecule has 1 N–H and O–H groups in total. The predicted molar refractivity (Wildman–Crippen MR) is 100 cm³/mol. The molecule has 0 aromatic heterocycles. The lowest BCUT2D eigenvalue weighted by atomic mass is 10.1. The molecule has 0 spiro atoms. The normalized spacial score (nSPS) is 13.7. The average Bonchev–Trinajstić information content (AvgIpc) is 2.64. The van der Waals surface area contributed by atoms with Crippen LogP contribution >= 0.6 is 15.9 Å². The number of rotatable bonds is 5. The van der Waals surface area contributed by atoms with E-state index in [9.17, 15) is 22.8 Å². The molecule has 0 atom stereocenters. The van der Waals surface area contributed by atoms with Crippen molar-refractivity contribution in [2.24, 2.45) is 0 Å². The number of hydrogen-bond acceptors (Lipinski definition) is 3. The van der Waals surface area contributed by atoms with Crippen LogP contribution in [0.15, 0.2) is 46.9 Å². The first-order chi connectivity index (χ1) is 13.2. The van der Waals surface area contributed by atoms with Crippen LogP contribution in [0.5, 0.6) is 5.75 Å². The van der Waals surface area contributed by atoms with Gasteiger partial charge in [-0.3, -0.25) is 14.5 Å². The minimum Gasteiger partial charge on any atom is -0.482 e. The van der Waals surface area contributed by atoms with Gasteiger partial charge in [-0.15, -0.1) is 0 Å². The summed E-state index contributed by atoms with van der Waals surface area (Å²) in [7, 11) is 0. The molecule has 0 aliphatic carbocycles. The minimum atomic E-state index is -4.37. The van der Waals surface area contributed by atoms with Crippen molar-refractivity contribution in [2.45, 2.75) is 12.6 Å². The SMILES string of the molecule is O=C(CN1C(=O)COc2cc(Br)ccc21)NCCc1ccc(C(F)(F)F)cc1. The van der Waals surface area contributed by atoms with Gasteiger partial charge in [-0.1, -0.05) is 28.1 Å². The summed E-state index contributed by atoms with van der Waals surface area (Å²) in [5.74, 6) is -0.185. The van der Waals surface area contributed by atoms with Crippen LogP contribution < -0.4 is 15.0 Å². The van der Waals surface area contributed by atoms with Gasteiger partial charge in [0, 0.05) is 11.0 Å². The minimum absolute atomic E-state index is 0.151.